The van der Waals surface area contributed by atoms with Crippen molar-refractivity contribution in [2.24, 2.45) is 7.05 Å². The van der Waals surface area contributed by atoms with Crippen LogP contribution in [-0.2, 0) is 11.8 Å². The standard InChI is InChI=1S/C26H23N5O3/c1-16(24(32)28-29-25(33)17-8-7-13-27-14-17)31-23(19-10-3-4-11-20(19)26(31)34)21-15-30(2)22-12-6-5-9-18(21)22/h3-16,23H,1-2H3,(H,28,32)(H,29,33)/t16-,23-/m1/s1. The molecule has 0 saturated carbocycles. The van der Waals surface area contributed by atoms with E-state index in [0.29, 0.717) is 11.1 Å². The maximum absolute atomic E-state index is 13.5. The van der Waals surface area contributed by atoms with E-state index in [-0.39, 0.29) is 5.91 Å². The summed E-state index contributed by atoms with van der Waals surface area (Å²) in [7, 11) is 1.96. The number of nitrogens with zero attached hydrogens (tertiary/aromatic N) is 3. The van der Waals surface area contributed by atoms with Gasteiger partial charge in [-0.1, -0.05) is 36.4 Å². The number of hydrazine groups is 1. The Bertz CT molecular complexity index is 1410. The number of benzene rings is 2. The first-order valence-electron chi connectivity index (χ1n) is 10.9. The Kier molecular flexibility index (Phi) is 5.33. The molecule has 34 heavy (non-hydrogen) atoms. The molecular weight excluding hydrogens is 430 g/mol. The lowest BCUT2D eigenvalue weighted by Gasteiger charge is -2.30. The molecule has 1 aliphatic heterocycles. The van der Waals surface area contributed by atoms with Gasteiger partial charge in [0.1, 0.15) is 6.04 Å². The van der Waals surface area contributed by atoms with Crippen LogP contribution in [-0.4, -0.2) is 38.2 Å². The van der Waals surface area contributed by atoms with Crippen molar-refractivity contribution in [3.8, 4) is 0 Å². The van der Waals surface area contributed by atoms with Gasteiger partial charge < -0.3 is 9.47 Å². The smallest absolute Gasteiger partial charge is 0.271 e. The third-order valence-corrected chi connectivity index (χ3v) is 6.24. The first-order chi connectivity index (χ1) is 16.5. The van der Waals surface area contributed by atoms with Crippen LogP contribution in [0.1, 0.15) is 44.8 Å². The van der Waals surface area contributed by atoms with Crippen molar-refractivity contribution in [3.63, 3.8) is 0 Å². The van der Waals surface area contributed by atoms with Crippen LogP contribution in [0.25, 0.3) is 10.9 Å². The van der Waals surface area contributed by atoms with Gasteiger partial charge in [-0.2, -0.15) is 0 Å². The quantitative estimate of drug-likeness (QED) is 0.465. The number of pyridine rings is 1. The molecule has 1 aliphatic rings. The predicted molar refractivity (Wildman–Crippen MR) is 127 cm³/mol. The summed E-state index contributed by atoms with van der Waals surface area (Å²) in [5, 5.41) is 1.02. The second-order valence-electron chi connectivity index (χ2n) is 8.28. The minimum atomic E-state index is -0.849. The average Bonchev–Trinajstić information content (AvgIpc) is 3.36. The molecule has 4 aromatic rings. The Hall–Kier alpha value is -4.46. The van der Waals surface area contributed by atoms with Gasteiger partial charge in [-0.05, 0) is 36.8 Å². The van der Waals surface area contributed by atoms with Crippen molar-refractivity contribution in [2.45, 2.75) is 19.0 Å². The van der Waals surface area contributed by atoms with Gasteiger partial charge in [0.25, 0.3) is 17.7 Å². The number of carbonyl (C=O) groups excluding carboxylic acids is 3. The van der Waals surface area contributed by atoms with Crippen molar-refractivity contribution in [1.29, 1.82) is 0 Å². The van der Waals surface area contributed by atoms with Crippen LogP contribution < -0.4 is 10.9 Å². The topological polar surface area (TPSA) is 96.3 Å². The maximum Gasteiger partial charge on any atom is 0.271 e. The summed E-state index contributed by atoms with van der Waals surface area (Å²) >= 11 is 0. The molecule has 2 N–H and O–H groups in total. The van der Waals surface area contributed by atoms with Gasteiger partial charge in [-0.15, -0.1) is 0 Å². The Morgan fingerprint density at radius 1 is 0.971 bits per heavy atom. The van der Waals surface area contributed by atoms with Crippen molar-refractivity contribution >= 4 is 28.6 Å². The number of amides is 3. The summed E-state index contributed by atoms with van der Waals surface area (Å²) in [5.74, 6) is -1.21. The second kappa shape index (κ2) is 8.47. The van der Waals surface area contributed by atoms with Gasteiger partial charge in [0.15, 0.2) is 0 Å². The fourth-order valence-corrected chi connectivity index (χ4v) is 4.56. The SMILES string of the molecule is C[C@H](C(=O)NNC(=O)c1cccnc1)N1C(=O)c2ccccc2[C@@H]1c1cn(C)c2ccccc12. The highest BCUT2D eigenvalue weighted by molar-refractivity contribution is 6.03. The van der Waals surface area contributed by atoms with E-state index in [0.717, 1.165) is 22.0 Å². The van der Waals surface area contributed by atoms with E-state index in [4.69, 9.17) is 0 Å². The minimum absolute atomic E-state index is 0.227. The third-order valence-electron chi connectivity index (χ3n) is 6.24. The Morgan fingerprint density at radius 3 is 2.53 bits per heavy atom. The molecule has 0 radical (unpaired) electrons. The number of para-hydroxylation sites is 1. The van der Waals surface area contributed by atoms with Gasteiger partial charge in [0.2, 0.25) is 0 Å². The molecule has 3 amide bonds. The maximum atomic E-state index is 13.5. The van der Waals surface area contributed by atoms with Gasteiger partial charge in [-0.3, -0.25) is 30.2 Å². The van der Waals surface area contributed by atoms with Crippen LogP contribution in [0.15, 0.2) is 79.3 Å². The van der Waals surface area contributed by atoms with Gasteiger partial charge >= 0.3 is 0 Å². The molecule has 0 fully saturated rings. The average molecular weight is 454 g/mol. The Morgan fingerprint density at radius 2 is 1.74 bits per heavy atom. The van der Waals surface area contributed by atoms with Crippen LogP contribution in [0, 0.1) is 0 Å². The summed E-state index contributed by atoms with van der Waals surface area (Å²) in [6.45, 7) is 1.66. The van der Waals surface area contributed by atoms with E-state index in [1.807, 2.05) is 60.3 Å². The molecule has 0 bridgehead atoms. The number of hydrogen-bond acceptors (Lipinski definition) is 4. The summed E-state index contributed by atoms with van der Waals surface area (Å²) in [4.78, 5) is 44.3. The van der Waals surface area contributed by atoms with E-state index >= 15 is 0 Å². The summed E-state index contributed by atoms with van der Waals surface area (Å²) in [6.07, 6.45) is 4.97. The number of carbonyl (C=O) groups is 3. The van der Waals surface area contributed by atoms with E-state index in [1.165, 1.54) is 6.20 Å². The van der Waals surface area contributed by atoms with Crippen molar-refractivity contribution in [2.75, 3.05) is 0 Å². The van der Waals surface area contributed by atoms with Crippen LogP contribution in [0.3, 0.4) is 0 Å². The molecule has 170 valence electrons. The second-order valence-corrected chi connectivity index (χ2v) is 8.28. The van der Waals surface area contributed by atoms with E-state index in [2.05, 4.69) is 15.8 Å². The van der Waals surface area contributed by atoms with Gasteiger partial charge in [-0.25, -0.2) is 0 Å². The number of rotatable bonds is 4. The zero-order valence-corrected chi connectivity index (χ0v) is 18.7. The molecule has 0 aliphatic carbocycles. The molecular formula is C26H23N5O3. The molecule has 3 heterocycles. The Balaban J connectivity index is 1.47. The third kappa shape index (κ3) is 3.49. The number of hydrogen-bond donors (Lipinski definition) is 2. The van der Waals surface area contributed by atoms with Gasteiger partial charge in [0, 0.05) is 47.7 Å². The summed E-state index contributed by atoms with van der Waals surface area (Å²) < 4.78 is 2.02. The van der Waals surface area contributed by atoms with Crippen molar-refractivity contribution in [1.82, 2.24) is 25.3 Å². The first kappa shape index (κ1) is 21.4. The largest absolute Gasteiger partial charge is 0.350 e. The fourth-order valence-electron chi connectivity index (χ4n) is 4.56. The lowest BCUT2D eigenvalue weighted by atomic mass is 9.97. The summed E-state index contributed by atoms with van der Waals surface area (Å²) in [5.41, 5.74) is 8.57. The van der Waals surface area contributed by atoms with Crippen LogP contribution >= 0.6 is 0 Å². The van der Waals surface area contributed by atoms with Crippen LogP contribution in [0.2, 0.25) is 0 Å². The number of aryl methyl sites for hydroxylation is 1. The van der Waals surface area contributed by atoms with Gasteiger partial charge in [0.05, 0.1) is 11.6 Å². The Labute approximate surface area is 196 Å². The van der Waals surface area contributed by atoms with Crippen LogP contribution in [0.4, 0.5) is 0 Å². The zero-order chi connectivity index (χ0) is 23.8. The highest BCUT2D eigenvalue weighted by Gasteiger charge is 2.43. The van der Waals surface area contributed by atoms with Crippen LogP contribution in [0.5, 0.6) is 0 Å². The van der Waals surface area contributed by atoms with E-state index in [9.17, 15) is 14.4 Å². The number of fused-ring (bicyclic) bond motifs is 2. The van der Waals surface area contributed by atoms with E-state index < -0.39 is 23.9 Å². The molecule has 5 rings (SSSR count). The molecule has 2 atom stereocenters. The highest BCUT2D eigenvalue weighted by atomic mass is 16.2. The molecule has 8 nitrogen and oxygen atoms in total. The molecule has 0 spiro atoms. The first-order valence-corrected chi connectivity index (χ1v) is 10.9. The molecule has 2 aromatic carbocycles. The zero-order valence-electron chi connectivity index (χ0n) is 18.7. The molecule has 8 heteroatoms. The molecule has 0 saturated heterocycles. The molecule has 0 unspecified atom stereocenters. The lowest BCUT2D eigenvalue weighted by molar-refractivity contribution is -0.126. The molecule has 2 aromatic heterocycles. The minimum Gasteiger partial charge on any atom is -0.350 e. The summed E-state index contributed by atoms with van der Waals surface area (Å²) in [6, 6.07) is 17.3. The lowest BCUT2D eigenvalue weighted by Crippen LogP contribution is -2.52. The number of aromatic nitrogens is 2. The normalized spacial score (nSPS) is 15.8. The van der Waals surface area contributed by atoms with E-state index in [1.54, 1.807) is 36.2 Å². The fraction of sp³-hybridized carbons (Fsp3) is 0.154. The monoisotopic (exact) mass is 453 g/mol. The van der Waals surface area contributed by atoms with Crippen molar-refractivity contribution < 1.29 is 14.4 Å². The van der Waals surface area contributed by atoms with Crippen molar-refractivity contribution in [3.05, 3.63) is 102 Å². The number of nitrogens with one attached hydrogen (secondary N) is 2. The predicted octanol–water partition coefficient (Wildman–Crippen LogP) is 2.97. The highest BCUT2D eigenvalue weighted by Crippen LogP contribution is 2.42.